The minimum absolute atomic E-state index is 0.00541. The van der Waals surface area contributed by atoms with Crippen LogP contribution in [0.25, 0.3) is 0 Å². The van der Waals surface area contributed by atoms with Crippen molar-refractivity contribution in [3.8, 4) is 0 Å². The van der Waals surface area contributed by atoms with Gasteiger partial charge in [0.1, 0.15) is 0 Å². The van der Waals surface area contributed by atoms with E-state index < -0.39 is 0 Å². The third-order valence-corrected chi connectivity index (χ3v) is 5.25. The molecule has 4 atom stereocenters. The molecule has 3 rings (SSSR count). The zero-order valence-electron chi connectivity index (χ0n) is 13.6. The van der Waals surface area contributed by atoms with Gasteiger partial charge in [-0.05, 0) is 56.9 Å². The molecule has 122 valence electrons. The minimum atomic E-state index is -0.00541. The van der Waals surface area contributed by atoms with Gasteiger partial charge >= 0.3 is 5.97 Å². The molecule has 1 heterocycles. The number of carbonyl (C=O) groups is 1. The molecule has 0 radical (unpaired) electrons. The molecule has 2 aliphatic carbocycles. The molecular weight excluding hydrogens is 278 g/mol. The maximum absolute atomic E-state index is 12.0. The first-order valence-corrected chi connectivity index (χ1v) is 8.61. The molecule has 2 N–H and O–H groups in total. The van der Waals surface area contributed by atoms with E-state index >= 15 is 0 Å². The van der Waals surface area contributed by atoms with Crippen LogP contribution in [0, 0.1) is 11.8 Å². The van der Waals surface area contributed by atoms with Gasteiger partial charge in [0.2, 0.25) is 0 Å². The van der Waals surface area contributed by atoms with Crippen LogP contribution in [0.3, 0.4) is 0 Å². The summed E-state index contributed by atoms with van der Waals surface area (Å²) in [6, 6.07) is 1.07. The van der Waals surface area contributed by atoms with Crippen LogP contribution in [-0.2, 0) is 22.4 Å². The van der Waals surface area contributed by atoms with Gasteiger partial charge < -0.3 is 10.1 Å². The number of H-pyrrole nitrogens is 1. The van der Waals surface area contributed by atoms with Crippen molar-refractivity contribution in [2.24, 2.45) is 11.8 Å². The number of nitrogens with zero attached hydrogens (tertiary/aromatic N) is 1. The van der Waals surface area contributed by atoms with Crippen LogP contribution in [-0.4, -0.2) is 34.9 Å². The third-order valence-electron chi connectivity index (χ3n) is 5.25. The van der Waals surface area contributed by atoms with Crippen molar-refractivity contribution in [2.75, 3.05) is 6.61 Å². The molecule has 0 saturated heterocycles. The molecule has 5 heteroatoms. The molecule has 5 nitrogen and oxygen atoms in total. The summed E-state index contributed by atoms with van der Waals surface area (Å²) in [4.78, 5) is 12.0. The SMILES string of the molecule is CCOC(=O)[C@@H]1CC[C@H](N[C@@H]2CCc3[nH]ncc3C2)C[C@H]1C. The molecule has 0 unspecified atom stereocenters. The van der Waals surface area contributed by atoms with Crippen LogP contribution in [0.4, 0.5) is 0 Å². The molecule has 0 aliphatic heterocycles. The predicted octanol–water partition coefficient (Wildman–Crippen LogP) is 2.22. The first kappa shape index (κ1) is 15.5. The third kappa shape index (κ3) is 3.35. The van der Waals surface area contributed by atoms with E-state index in [2.05, 4.69) is 22.4 Å². The lowest BCUT2D eigenvalue weighted by Gasteiger charge is -2.36. The van der Waals surface area contributed by atoms with Crippen molar-refractivity contribution >= 4 is 5.97 Å². The largest absolute Gasteiger partial charge is 0.466 e. The number of rotatable bonds is 4. The number of hydrogen-bond donors (Lipinski definition) is 2. The normalized spacial score (nSPS) is 31.5. The van der Waals surface area contributed by atoms with Gasteiger partial charge in [0, 0.05) is 17.8 Å². The van der Waals surface area contributed by atoms with Crippen molar-refractivity contribution in [2.45, 2.75) is 64.5 Å². The Morgan fingerprint density at radius 1 is 1.41 bits per heavy atom. The Kier molecular flexibility index (Phi) is 4.81. The van der Waals surface area contributed by atoms with Gasteiger partial charge in [0.15, 0.2) is 0 Å². The Morgan fingerprint density at radius 2 is 2.27 bits per heavy atom. The molecule has 1 aromatic rings. The first-order valence-electron chi connectivity index (χ1n) is 8.61. The molecule has 1 fully saturated rings. The number of aromatic nitrogens is 2. The van der Waals surface area contributed by atoms with Gasteiger partial charge in [-0.3, -0.25) is 9.89 Å². The van der Waals surface area contributed by atoms with Crippen LogP contribution in [0.5, 0.6) is 0 Å². The van der Waals surface area contributed by atoms with Crippen molar-refractivity contribution in [1.29, 1.82) is 0 Å². The molecule has 0 bridgehead atoms. The van der Waals surface area contributed by atoms with Crippen molar-refractivity contribution in [3.63, 3.8) is 0 Å². The first-order chi connectivity index (χ1) is 10.7. The maximum atomic E-state index is 12.0. The zero-order valence-corrected chi connectivity index (χ0v) is 13.6. The number of fused-ring (bicyclic) bond motifs is 1. The fourth-order valence-corrected chi connectivity index (χ4v) is 4.04. The highest BCUT2D eigenvalue weighted by Crippen LogP contribution is 2.32. The number of aryl methyl sites for hydroxylation is 1. The summed E-state index contributed by atoms with van der Waals surface area (Å²) in [6.07, 6.45) is 8.37. The lowest BCUT2D eigenvalue weighted by atomic mass is 9.77. The summed E-state index contributed by atoms with van der Waals surface area (Å²) in [5.74, 6) is 0.484. The Hall–Kier alpha value is -1.36. The van der Waals surface area contributed by atoms with E-state index in [4.69, 9.17) is 4.74 Å². The summed E-state index contributed by atoms with van der Waals surface area (Å²) in [5.41, 5.74) is 2.66. The molecule has 1 aromatic heterocycles. The second-order valence-electron chi connectivity index (χ2n) is 6.83. The summed E-state index contributed by atoms with van der Waals surface area (Å²) < 4.78 is 5.20. The van der Waals surface area contributed by atoms with Gasteiger partial charge in [-0.15, -0.1) is 0 Å². The number of ether oxygens (including phenoxy) is 1. The molecule has 0 amide bonds. The van der Waals surface area contributed by atoms with Crippen LogP contribution < -0.4 is 5.32 Å². The average Bonchev–Trinajstić information content (AvgIpc) is 2.95. The summed E-state index contributed by atoms with van der Waals surface area (Å²) in [5, 5.41) is 11.0. The molecular formula is C17H27N3O2. The van der Waals surface area contributed by atoms with E-state index in [-0.39, 0.29) is 11.9 Å². The van der Waals surface area contributed by atoms with Crippen molar-refractivity contribution in [1.82, 2.24) is 15.5 Å². The summed E-state index contributed by atoms with van der Waals surface area (Å²) in [6.45, 7) is 4.55. The lowest BCUT2D eigenvalue weighted by molar-refractivity contribution is -0.151. The monoisotopic (exact) mass is 305 g/mol. The lowest BCUT2D eigenvalue weighted by Crippen LogP contribution is -2.45. The van der Waals surface area contributed by atoms with E-state index in [1.54, 1.807) is 0 Å². The molecule has 1 saturated carbocycles. The van der Waals surface area contributed by atoms with E-state index in [9.17, 15) is 4.79 Å². The maximum Gasteiger partial charge on any atom is 0.309 e. The van der Waals surface area contributed by atoms with E-state index in [0.29, 0.717) is 24.6 Å². The Morgan fingerprint density at radius 3 is 3.05 bits per heavy atom. The van der Waals surface area contributed by atoms with Gasteiger partial charge in [-0.1, -0.05) is 6.92 Å². The zero-order chi connectivity index (χ0) is 15.5. The quantitative estimate of drug-likeness (QED) is 0.837. The van der Waals surface area contributed by atoms with Crippen LogP contribution in [0.2, 0.25) is 0 Å². The second kappa shape index (κ2) is 6.82. The van der Waals surface area contributed by atoms with Crippen LogP contribution >= 0.6 is 0 Å². The van der Waals surface area contributed by atoms with Gasteiger partial charge in [-0.25, -0.2) is 0 Å². The Balaban J connectivity index is 1.50. The smallest absolute Gasteiger partial charge is 0.309 e. The topological polar surface area (TPSA) is 67.0 Å². The van der Waals surface area contributed by atoms with E-state index in [0.717, 1.165) is 32.1 Å². The highest BCUT2D eigenvalue weighted by Gasteiger charge is 2.34. The number of nitrogens with one attached hydrogen (secondary N) is 2. The van der Waals surface area contributed by atoms with Crippen LogP contribution in [0.15, 0.2) is 6.20 Å². The van der Waals surface area contributed by atoms with Crippen molar-refractivity contribution < 1.29 is 9.53 Å². The predicted molar refractivity (Wildman–Crippen MR) is 84.5 cm³/mol. The molecule has 0 aromatic carbocycles. The minimum Gasteiger partial charge on any atom is -0.466 e. The van der Waals surface area contributed by atoms with Gasteiger partial charge in [0.25, 0.3) is 0 Å². The van der Waals surface area contributed by atoms with Crippen molar-refractivity contribution in [3.05, 3.63) is 17.5 Å². The molecule has 2 aliphatic rings. The highest BCUT2D eigenvalue weighted by atomic mass is 16.5. The highest BCUT2D eigenvalue weighted by molar-refractivity contribution is 5.72. The average molecular weight is 305 g/mol. The number of aromatic amines is 1. The Labute approximate surface area is 132 Å². The summed E-state index contributed by atoms with van der Waals surface area (Å²) >= 11 is 0. The van der Waals surface area contributed by atoms with Gasteiger partial charge in [0.05, 0.1) is 18.7 Å². The number of esters is 1. The van der Waals surface area contributed by atoms with E-state index in [1.165, 1.54) is 17.7 Å². The second-order valence-corrected chi connectivity index (χ2v) is 6.83. The fraction of sp³-hybridized carbons (Fsp3) is 0.765. The van der Waals surface area contributed by atoms with Crippen LogP contribution in [0.1, 0.15) is 50.8 Å². The van der Waals surface area contributed by atoms with E-state index in [1.807, 2.05) is 13.1 Å². The fourth-order valence-electron chi connectivity index (χ4n) is 4.04. The molecule has 0 spiro atoms. The standard InChI is InChI=1S/C17H27N3O2/c1-3-22-17(21)15-6-4-13(8-11(15)2)19-14-5-7-16-12(9-14)10-18-20-16/h10-11,13-15,19H,3-9H2,1-2H3,(H,18,20)/t11-,13+,14-,15-/m1/s1. The Bertz CT molecular complexity index is 514. The number of hydrogen-bond acceptors (Lipinski definition) is 4. The summed E-state index contributed by atoms with van der Waals surface area (Å²) in [7, 11) is 0. The van der Waals surface area contributed by atoms with Gasteiger partial charge in [-0.2, -0.15) is 5.10 Å². The number of carbonyl (C=O) groups excluding carboxylic acids is 1. The molecule has 22 heavy (non-hydrogen) atoms.